The lowest BCUT2D eigenvalue weighted by Gasteiger charge is -2.23. The zero-order valence-electron chi connectivity index (χ0n) is 9.06. The lowest BCUT2D eigenvalue weighted by molar-refractivity contribution is 0.210. The summed E-state index contributed by atoms with van der Waals surface area (Å²) in [4.78, 5) is 1.41. The Kier molecular flexibility index (Phi) is 2.93. The third-order valence-electron chi connectivity index (χ3n) is 3.19. The Bertz CT molecular complexity index is 448. The summed E-state index contributed by atoms with van der Waals surface area (Å²) >= 11 is 3.45. The molecule has 0 aromatic carbocycles. The topological polar surface area (TPSA) is 42.1 Å². The van der Waals surface area contributed by atoms with Crippen molar-refractivity contribution in [3.05, 3.63) is 17.1 Å². The van der Waals surface area contributed by atoms with Crippen LogP contribution in [0.1, 0.15) is 36.6 Å². The summed E-state index contributed by atoms with van der Waals surface area (Å²) < 4.78 is 5.52. The fourth-order valence-electron chi connectivity index (χ4n) is 2.30. The van der Waals surface area contributed by atoms with E-state index in [4.69, 9.17) is 5.84 Å². The molecule has 2 aromatic heterocycles. The molecule has 86 valence electrons. The zero-order valence-corrected chi connectivity index (χ0v) is 10.7. The van der Waals surface area contributed by atoms with Crippen LogP contribution in [-0.2, 0) is 0 Å². The molecule has 3 rings (SSSR count). The van der Waals surface area contributed by atoms with Gasteiger partial charge in [0.1, 0.15) is 4.01 Å². The van der Waals surface area contributed by atoms with E-state index in [2.05, 4.69) is 10.4 Å². The third-order valence-corrected chi connectivity index (χ3v) is 5.33. The van der Waals surface area contributed by atoms with Gasteiger partial charge in [-0.05, 0) is 30.4 Å². The Morgan fingerprint density at radius 3 is 3.19 bits per heavy atom. The lowest BCUT2D eigenvalue weighted by atomic mass is 10.1. The average molecular weight is 253 g/mol. The molecule has 1 atom stereocenters. The van der Waals surface area contributed by atoms with E-state index in [0.717, 1.165) is 6.54 Å². The molecule has 1 aliphatic heterocycles. The highest BCUT2D eigenvalue weighted by Crippen LogP contribution is 2.37. The third kappa shape index (κ3) is 1.88. The predicted molar refractivity (Wildman–Crippen MR) is 69.6 cm³/mol. The number of thiophene rings is 1. The molecule has 0 amide bonds. The number of nitrogens with two attached hydrogens (primary N) is 1. The first-order valence-electron chi connectivity index (χ1n) is 5.70. The van der Waals surface area contributed by atoms with Gasteiger partial charge in [0.05, 0.1) is 6.04 Å². The van der Waals surface area contributed by atoms with E-state index < -0.39 is 0 Å². The average Bonchev–Trinajstić information content (AvgIpc) is 2.77. The molecular formula is C11H15N3S2. The highest BCUT2D eigenvalue weighted by molar-refractivity contribution is 7.36. The standard InChI is InChI=1S/C11H15N3S2/c12-14-5-3-1-2-4-9(14)10-6-8-7-13-16-11(8)15-10/h6-7,9H,1-5,12H2. The van der Waals surface area contributed by atoms with Crippen molar-refractivity contribution in [1.29, 1.82) is 0 Å². The van der Waals surface area contributed by atoms with E-state index in [0.29, 0.717) is 6.04 Å². The Labute approximate surface area is 103 Å². The molecule has 1 unspecified atom stereocenters. The minimum atomic E-state index is 0.423. The van der Waals surface area contributed by atoms with Crippen LogP contribution in [0.2, 0.25) is 0 Å². The first-order chi connectivity index (χ1) is 7.84. The number of hydrogen-bond acceptors (Lipinski definition) is 5. The second-order valence-electron chi connectivity index (χ2n) is 4.32. The van der Waals surface area contributed by atoms with Crippen LogP contribution in [-0.4, -0.2) is 15.9 Å². The van der Waals surface area contributed by atoms with Crippen molar-refractivity contribution in [2.24, 2.45) is 5.84 Å². The van der Waals surface area contributed by atoms with Crippen molar-refractivity contribution in [3.63, 3.8) is 0 Å². The molecule has 0 bridgehead atoms. The van der Waals surface area contributed by atoms with Gasteiger partial charge in [-0.2, -0.15) is 4.37 Å². The van der Waals surface area contributed by atoms with Gasteiger partial charge in [-0.1, -0.05) is 12.8 Å². The van der Waals surface area contributed by atoms with Crippen LogP contribution in [0.25, 0.3) is 9.40 Å². The minimum absolute atomic E-state index is 0.423. The summed E-state index contributed by atoms with van der Waals surface area (Å²) in [6.07, 6.45) is 6.98. The quantitative estimate of drug-likeness (QED) is 0.794. The zero-order chi connectivity index (χ0) is 11.0. The fraction of sp³-hybridized carbons (Fsp3) is 0.545. The normalized spacial score (nSPS) is 23.7. The van der Waals surface area contributed by atoms with Gasteiger partial charge in [0, 0.05) is 23.0 Å². The summed E-state index contributed by atoms with van der Waals surface area (Å²) in [7, 11) is 0. The van der Waals surface area contributed by atoms with Gasteiger partial charge in [-0.15, -0.1) is 11.3 Å². The Morgan fingerprint density at radius 1 is 1.38 bits per heavy atom. The molecule has 0 radical (unpaired) electrons. The molecule has 16 heavy (non-hydrogen) atoms. The maximum atomic E-state index is 6.13. The van der Waals surface area contributed by atoms with Crippen molar-refractivity contribution in [3.8, 4) is 0 Å². The van der Waals surface area contributed by atoms with Gasteiger partial charge in [-0.25, -0.2) is 5.01 Å². The summed E-state index contributed by atoms with van der Waals surface area (Å²) in [5, 5.41) is 3.30. The molecule has 1 fully saturated rings. The van der Waals surface area contributed by atoms with Crippen molar-refractivity contribution >= 4 is 32.3 Å². The highest BCUT2D eigenvalue weighted by Gasteiger charge is 2.22. The molecule has 2 aromatic rings. The smallest absolute Gasteiger partial charge is 0.108 e. The minimum Gasteiger partial charge on any atom is -0.268 e. The van der Waals surface area contributed by atoms with Crippen LogP contribution in [0, 0.1) is 0 Å². The van der Waals surface area contributed by atoms with Crippen LogP contribution < -0.4 is 5.84 Å². The second-order valence-corrected chi connectivity index (χ2v) is 6.46. The van der Waals surface area contributed by atoms with Gasteiger partial charge >= 0.3 is 0 Å². The summed E-state index contributed by atoms with van der Waals surface area (Å²) in [5.74, 6) is 6.13. The van der Waals surface area contributed by atoms with Crippen molar-refractivity contribution in [2.45, 2.75) is 31.7 Å². The molecule has 2 N–H and O–H groups in total. The van der Waals surface area contributed by atoms with E-state index >= 15 is 0 Å². The van der Waals surface area contributed by atoms with Crippen LogP contribution in [0.5, 0.6) is 0 Å². The Morgan fingerprint density at radius 2 is 2.31 bits per heavy atom. The SMILES string of the molecule is NN1CCCCCC1c1cc2cnsc2s1. The van der Waals surface area contributed by atoms with Crippen LogP contribution in [0.4, 0.5) is 0 Å². The van der Waals surface area contributed by atoms with Gasteiger partial charge in [0.25, 0.3) is 0 Å². The maximum absolute atomic E-state index is 6.13. The number of nitrogens with zero attached hydrogens (tertiary/aromatic N) is 2. The molecule has 0 aliphatic carbocycles. The number of aromatic nitrogens is 1. The first kappa shape index (κ1) is 10.7. The van der Waals surface area contributed by atoms with Crippen molar-refractivity contribution < 1.29 is 0 Å². The van der Waals surface area contributed by atoms with E-state index in [1.54, 1.807) is 11.5 Å². The summed E-state index contributed by atoms with van der Waals surface area (Å²) in [5.41, 5.74) is 0. The van der Waals surface area contributed by atoms with Crippen LogP contribution >= 0.6 is 22.9 Å². The molecule has 0 spiro atoms. The van der Waals surface area contributed by atoms with E-state index in [1.165, 1.54) is 40.0 Å². The number of rotatable bonds is 1. The number of fused-ring (bicyclic) bond motifs is 1. The summed E-state index contributed by atoms with van der Waals surface area (Å²) in [6.45, 7) is 1.02. The van der Waals surface area contributed by atoms with E-state index in [9.17, 15) is 0 Å². The molecule has 1 saturated heterocycles. The monoisotopic (exact) mass is 253 g/mol. The molecule has 5 heteroatoms. The molecule has 0 saturated carbocycles. The van der Waals surface area contributed by atoms with Crippen molar-refractivity contribution in [2.75, 3.05) is 6.54 Å². The largest absolute Gasteiger partial charge is 0.268 e. The van der Waals surface area contributed by atoms with Gasteiger partial charge in [0.2, 0.25) is 0 Å². The van der Waals surface area contributed by atoms with Gasteiger partial charge < -0.3 is 0 Å². The molecular weight excluding hydrogens is 238 g/mol. The highest BCUT2D eigenvalue weighted by atomic mass is 32.2. The first-order valence-corrected chi connectivity index (χ1v) is 7.29. The fourth-order valence-corrected chi connectivity index (χ4v) is 4.36. The maximum Gasteiger partial charge on any atom is 0.108 e. The predicted octanol–water partition coefficient (Wildman–Crippen LogP) is 3.15. The van der Waals surface area contributed by atoms with Gasteiger partial charge in [0.15, 0.2) is 0 Å². The molecule has 1 aliphatic rings. The van der Waals surface area contributed by atoms with Crippen LogP contribution in [0.15, 0.2) is 12.3 Å². The number of hydrogen-bond donors (Lipinski definition) is 1. The second kappa shape index (κ2) is 4.41. The van der Waals surface area contributed by atoms with E-state index in [-0.39, 0.29) is 0 Å². The lowest BCUT2D eigenvalue weighted by Crippen LogP contribution is -2.34. The van der Waals surface area contributed by atoms with Crippen molar-refractivity contribution in [1.82, 2.24) is 9.38 Å². The van der Waals surface area contributed by atoms with E-state index in [1.807, 2.05) is 22.5 Å². The number of hydrazine groups is 1. The van der Waals surface area contributed by atoms with Gasteiger partial charge in [-0.3, -0.25) is 5.84 Å². The molecule has 3 heterocycles. The molecule has 3 nitrogen and oxygen atoms in total. The summed E-state index contributed by atoms with van der Waals surface area (Å²) in [6, 6.07) is 2.69. The Hall–Kier alpha value is -0.490. The van der Waals surface area contributed by atoms with Crippen LogP contribution in [0.3, 0.4) is 0 Å². The Balaban J connectivity index is 1.92.